The van der Waals surface area contributed by atoms with Crippen LogP contribution in [0.4, 0.5) is 39.5 Å². The maximum absolute atomic E-state index is 12.6. The Balaban J connectivity index is 2.92. The van der Waals surface area contributed by atoms with Gasteiger partial charge in [0.25, 0.3) is 0 Å². The minimum absolute atomic E-state index is 0.134. The van der Waals surface area contributed by atoms with Gasteiger partial charge in [-0.15, -0.1) is 5.10 Å². The van der Waals surface area contributed by atoms with Crippen LogP contribution in [0.2, 0.25) is 0 Å². The van der Waals surface area contributed by atoms with Crippen LogP contribution in [0, 0.1) is 0 Å². The number of hydrogen-bond acceptors (Lipinski definition) is 2. The van der Waals surface area contributed by atoms with Gasteiger partial charge in [0.15, 0.2) is 11.3 Å². The van der Waals surface area contributed by atoms with Gasteiger partial charge in [0.1, 0.15) is 0 Å². The van der Waals surface area contributed by atoms with Gasteiger partial charge in [-0.1, -0.05) is 0 Å². The van der Waals surface area contributed by atoms with Crippen molar-refractivity contribution in [1.82, 2.24) is 19.2 Å². The molecule has 13 heteroatoms. The average Bonchev–Trinajstić information content (AvgIpc) is 2.73. The SMILES string of the molecule is Cn1c(C(F)(F)F)nn2c(C(F)(F)F)nc(C(F)(F)F)c12. The third-order valence-corrected chi connectivity index (χ3v) is 2.44. The molecular weight excluding hydrogens is 323 g/mol. The highest BCUT2D eigenvalue weighted by atomic mass is 19.4. The molecule has 0 spiro atoms. The molecule has 0 radical (unpaired) electrons. The summed E-state index contributed by atoms with van der Waals surface area (Å²) in [5.41, 5.74) is -3.54. The Hall–Kier alpha value is -1.95. The second kappa shape index (κ2) is 4.04. The summed E-state index contributed by atoms with van der Waals surface area (Å²) < 4.78 is 113. The molecule has 0 bridgehead atoms. The largest absolute Gasteiger partial charge is 0.451 e. The summed E-state index contributed by atoms with van der Waals surface area (Å²) in [6.07, 6.45) is -16.0. The molecule has 2 heterocycles. The average molecular weight is 326 g/mol. The van der Waals surface area contributed by atoms with Gasteiger partial charge < -0.3 is 4.57 Å². The molecule has 0 atom stereocenters. The molecule has 2 aromatic heterocycles. The fraction of sp³-hybridized carbons (Fsp3) is 0.500. The minimum atomic E-state index is -5.40. The van der Waals surface area contributed by atoms with Gasteiger partial charge >= 0.3 is 18.5 Å². The second-order valence-electron chi connectivity index (χ2n) is 3.90. The Morgan fingerprint density at radius 3 is 1.62 bits per heavy atom. The summed E-state index contributed by atoms with van der Waals surface area (Å²) in [6.45, 7) is 0. The predicted octanol–water partition coefficient (Wildman–Crippen LogP) is 3.12. The Morgan fingerprint density at radius 2 is 1.24 bits per heavy atom. The number of aryl methyl sites for hydroxylation is 1. The number of rotatable bonds is 0. The highest BCUT2D eigenvalue weighted by Crippen LogP contribution is 2.38. The first-order valence-electron chi connectivity index (χ1n) is 4.91. The number of fused-ring (bicyclic) bond motifs is 1. The number of imidazole rings is 1. The van der Waals surface area contributed by atoms with E-state index in [1.807, 2.05) is 0 Å². The van der Waals surface area contributed by atoms with Crippen molar-refractivity contribution >= 4 is 5.65 Å². The second-order valence-corrected chi connectivity index (χ2v) is 3.90. The predicted molar refractivity (Wildman–Crippen MR) is 47.0 cm³/mol. The van der Waals surface area contributed by atoms with Crippen molar-refractivity contribution in [2.45, 2.75) is 18.5 Å². The number of hydrogen-bond donors (Lipinski definition) is 0. The zero-order valence-electron chi connectivity index (χ0n) is 9.69. The van der Waals surface area contributed by atoms with E-state index in [0.29, 0.717) is 7.05 Å². The first kappa shape index (κ1) is 15.4. The zero-order valence-corrected chi connectivity index (χ0v) is 9.69. The van der Waals surface area contributed by atoms with Crippen molar-refractivity contribution in [3.05, 3.63) is 17.3 Å². The van der Waals surface area contributed by atoms with Crippen LogP contribution in [-0.2, 0) is 25.6 Å². The van der Waals surface area contributed by atoms with E-state index in [4.69, 9.17) is 0 Å². The quantitative estimate of drug-likeness (QED) is 0.697. The fourth-order valence-electron chi connectivity index (χ4n) is 1.68. The number of halogens is 9. The molecular formula is C8H3F9N4. The summed E-state index contributed by atoms with van der Waals surface area (Å²) in [7, 11) is 0.516. The molecule has 0 aliphatic rings. The van der Waals surface area contributed by atoms with Crippen LogP contribution in [0.3, 0.4) is 0 Å². The van der Waals surface area contributed by atoms with Gasteiger partial charge in [0.2, 0.25) is 11.6 Å². The minimum Gasteiger partial charge on any atom is -0.307 e. The molecule has 0 fully saturated rings. The normalized spacial score (nSPS) is 14.2. The third kappa shape index (κ3) is 2.40. The Labute approximate surface area is 108 Å². The highest BCUT2D eigenvalue weighted by Gasteiger charge is 2.48. The van der Waals surface area contributed by atoms with Gasteiger partial charge in [0.05, 0.1) is 0 Å². The van der Waals surface area contributed by atoms with Crippen LogP contribution < -0.4 is 0 Å². The number of alkyl halides is 9. The maximum Gasteiger partial charge on any atom is 0.451 e. The molecule has 0 aliphatic carbocycles. The smallest absolute Gasteiger partial charge is 0.307 e. The fourth-order valence-corrected chi connectivity index (χ4v) is 1.68. The summed E-state index contributed by atoms with van der Waals surface area (Å²) >= 11 is 0. The van der Waals surface area contributed by atoms with Gasteiger partial charge in [-0.3, -0.25) is 0 Å². The molecule has 0 aromatic carbocycles. The van der Waals surface area contributed by atoms with Crippen LogP contribution in [0.15, 0.2) is 0 Å². The van der Waals surface area contributed by atoms with Crippen LogP contribution in [0.1, 0.15) is 17.3 Å². The van der Waals surface area contributed by atoms with Crippen molar-refractivity contribution in [3.63, 3.8) is 0 Å². The molecule has 21 heavy (non-hydrogen) atoms. The van der Waals surface area contributed by atoms with E-state index >= 15 is 0 Å². The lowest BCUT2D eigenvalue weighted by atomic mass is 10.4. The molecule has 0 N–H and O–H groups in total. The Morgan fingerprint density at radius 1 is 0.762 bits per heavy atom. The van der Waals surface area contributed by atoms with E-state index in [1.54, 1.807) is 0 Å². The number of nitrogens with zero attached hydrogens (tertiary/aromatic N) is 4. The summed E-state index contributed by atoms with van der Waals surface area (Å²) in [4.78, 5) is 2.34. The van der Waals surface area contributed by atoms with Gasteiger partial charge in [0, 0.05) is 7.05 Å². The molecule has 0 amide bonds. The maximum atomic E-state index is 12.6. The Kier molecular flexibility index (Phi) is 2.97. The highest BCUT2D eigenvalue weighted by molar-refractivity contribution is 5.49. The van der Waals surface area contributed by atoms with Gasteiger partial charge in [-0.05, 0) is 0 Å². The van der Waals surface area contributed by atoms with E-state index in [2.05, 4.69) is 10.1 Å². The lowest BCUT2D eigenvalue weighted by Gasteiger charge is -2.07. The summed E-state index contributed by atoms with van der Waals surface area (Å²) in [5.74, 6) is -4.09. The monoisotopic (exact) mass is 326 g/mol. The van der Waals surface area contributed by atoms with Crippen LogP contribution in [0.25, 0.3) is 5.65 Å². The first-order chi connectivity index (χ1) is 9.24. The lowest BCUT2D eigenvalue weighted by Crippen LogP contribution is -2.16. The van der Waals surface area contributed by atoms with Crippen LogP contribution in [0.5, 0.6) is 0 Å². The molecule has 4 nitrogen and oxygen atoms in total. The number of aromatic nitrogens is 4. The van der Waals surface area contributed by atoms with Crippen molar-refractivity contribution < 1.29 is 39.5 Å². The third-order valence-electron chi connectivity index (χ3n) is 2.44. The molecule has 0 saturated carbocycles. The summed E-state index contributed by atoms with van der Waals surface area (Å²) in [5, 5.41) is 2.56. The van der Waals surface area contributed by atoms with E-state index in [9.17, 15) is 39.5 Å². The Bertz CT molecular complexity index is 684. The molecule has 118 valence electrons. The van der Waals surface area contributed by atoms with Crippen LogP contribution >= 0.6 is 0 Å². The van der Waals surface area contributed by atoms with Crippen LogP contribution in [-0.4, -0.2) is 19.2 Å². The van der Waals surface area contributed by atoms with Crippen molar-refractivity contribution in [2.24, 2.45) is 7.05 Å². The van der Waals surface area contributed by atoms with E-state index in [-0.39, 0.29) is 4.57 Å². The molecule has 2 aromatic rings. The molecule has 0 unspecified atom stereocenters. The lowest BCUT2D eigenvalue weighted by molar-refractivity contribution is -0.153. The van der Waals surface area contributed by atoms with Crippen molar-refractivity contribution in [3.8, 4) is 0 Å². The topological polar surface area (TPSA) is 35.1 Å². The molecule has 0 saturated heterocycles. The molecule has 0 aliphatic heterocycles. The zero-order chi connectivity index (χ0) is 16.4. The van der Waals surface area contributed by atoms with E-state index in [1.165, 1.54) is 0 Å². The van der Waals surface area contributed by atoms with Gasteiger partial charge in [-0.2, -0.15) is 44.0 Å². The summed E-state index contributed by atoms with van der Waals surface area (Å²) in [6, 6.07) is 0. The van der Waals surface area contributed by atoms with E-state index < -0.39 is 46.0 Å². The first-order valence-corrected chi connectivity index (χ1v) is 4.91. The van der Waals surface area contributed by atoms with Crippen molar-refractivity contribution in [1.29, 1.82) is 0 Å². The van der Waals surface area contributed by atoms with Gasteiger partial charge in [-0.25, -0.2) is 4.98 Å². The molecule has 2 rings (SSSR count). The van der Waals surface area contributed by atoms with E-state index in [0.717, 1.165) is 0 Å². The van der Waals surface area contributed by atoms with Crippen molar-refractivity contribution in [2.75, 3.05) is 0 Å². The standard InChI is InChI=1S/C8H3F9N4/c1-20-3-2(6(9,10)11)18-4(7(12,13)14)21(3)19-5(20)8(15,16)17/h1H3.